The fraction of sp³-hybridized carbons (Fsp3) is 0.348. The van der Waals surface area contributed by atoms with Crippen LogP contribution >= 0.6 is 0 Å². The number of anilines is 2. The van der Waals surface area contributed by atoms with Gasteiger partial charge in [-0.3, -0.25) is 4.79 Å². The first-order valence-corrected chi connectivity index (χ1v) is 10.7. The van der Waals surface area contributed by atoms with Crippen molar-refractivity contribution in [2.24, 2.45) is 0 Å². The smallest absolute Gasteiger partial charge is 1.00 e. The van der Waals surface area contributed by atoms with E-state index in [1.165, 1.54) is 0 Å². The number of para-hydroxylation sites is 2. The van der Waals surface area contributed by atoms with Crippen molar-refractivity contribution in [3.63, 3.8) is 0 Å². The number of carbonyl (C=O) groups excluding carboxylic acids is 1. The van der Waals surface area contributed by atoms with E-state index in [9.17, 15) is 4.79 Å². The van der Waals surface area contributed by atoms with E-state index in [1.54, 1.807) is 37.3 Å². The van der Waals surface area contributed by atoms with Crippen LogP contribution in [0.3, 0.4) is 0 Å². The minimum atomic E-state index is -0.651. The zero-order valence-electron chi connectivity index (χ0n) is 21.2. The van der Waals surface area contributed by atoms with E-state index in [0.29, 0.717) is 71.8 Å². The maximum atomic E-state index is 13.0. The summed E-state index contributed by atoms with van der Waals surface area (Å²) in [7, 11) is 3.14. The number of fused-ring (bicyclic) bond motifs is 2. The molecule has 2 N–H and O–H groups in total. The van der Waals surface area contributed by atoms with Crippen LogP contribution in [0.15, 0.2) is 36.4 Å². The molecule has 11 heteroatoms. The molecular formula is C23H27CaN5O5. The molecule has 2 aliphatic rings. The fourth-order valence-corrected chi connectivity index (χ4v) is 4.08. The molecule has 176 valence electrons. The van der Waals surface area contributed by atoms with Gasteiger partial charge in [0.05, 0.1) is 19.7 Å². The van der Waals surface area contributed by atoms with Crippen LogP contribution in [0.5, 0.6) is 23.0 Å². The van der Waals surface area contributed by atoms with Crippen LogP contribution in [-0.4, -0.2) is 112 Å². The summed E-state index contributed by atoms with van der Waals surface area (Å²) in [5.41, 5.74) is 6.89. The molecule has 0 radical (unpaired) electrons. The Morgan fingerprint density at radius 3 is 2.44 bits per heavy atom. The number of hydrogen-bond acceptors (Lipinski definition) is 9. The van der Waals surface area contributed by atoms with Gasteiger partial charge in [0.1, 0.15) is 12.4 Å². The van der Waals surface area contributed by atoms with Gasteiger partial charge in [-0.2, -0.15) is 4.98 Å². The third kappa shape index (κ3) is 4.62. The molecule has 0 aliphatic carbocycles. The zero-order valence-corrected chi connectivity index (χ0v) is 21.4. The number of methoxy groups -OCH3 is 2. The first kappa shape index (κ1) is 24.4. The van der Waals surface area contributed by atoms with E-state index in [1.807, 2.05) is 23.1 Å². The van der Waals surface area contributed by atoms with Gasteiger partial charge in [0.2, 0.25) is 12.1 Å². The van der Waals surface area contributed by atoms with Crippen LogP contribution in [0.4, 0.5) is 11.8 Å². The third-order valence-corrected chi connectivity index (χ3v) is 5.88. The van der Waals surface area contributed by atoms with Gasteiger partial charge < -0.3 is 37.3 Å². The first-order chi connectivity index (χ1) is 16.1. The Labute approximate surface area is 229 Å². The molecule has 0 saturated carbocycles. The summed E-state index contributed by atoms with van der Waals surface area (Å²) in [5, 5.41) is 0.694. The number of nitrogens with zero attached hydrogens (tertiary/aromatic N) is 4. The van der Waals surface area contributed by atoms with Crippen LogP contribution < -0.4 is 29.6 Å². The number of amides is 1. The van der Waals surface area contributed by atoms with Gasteiger partial charge >= 0.3 is 37.7 Å². The molecule has 2 aliphatic heterocycles. The van der Waals surface area contributed by atoms with E-state index in [0.717, 1.165) is 0 Å². The molecule has 1 saturated heterocycles. The number of ether oxygens (including phenoxy) is 4. The molecule has 1 amide bonds. The van der Waals surface area contributed by atoms with Crippen LogP contribution in [0.1, 0.15) is 2.85 Å². The number of hydrogen-bond donors (Lipinski definition) is 1. The molecular weight excluding hydrogens is 466 g/mol. The predicted octanol–water partition coefficient (Wildman–Crippen LogP) is 1.56. The molecule has 5 rings (SSSR count). The predicted molar refractivity (Wildman–Crippen MR) is 130 cm³/mol. The molecule has 3 heterocycles. The maximum Gasteiger partial charge on any atom is 2.00 e. The van der Waals surface area contributed by atoms with Gasteiger partial charge in [-0.1, -0.05) is 12.1 Å². The molecule has 0 bridgehead atoms. The Morgan fingerprint density at radius 2 is 1.74 bits per heavy atom. The Bertz CT molecular complexity index is 1210. The molecule has 0 spiro atoms. The number of carbonyl (C=O) groups is 1. The number of benzene rings is 2. The van der Waals surface area contributed by atoms with Crippen molar-refractivity contribution in [3.05, 3.63) is 36.4 Å². The van der Waals surface area contributed by atoms with Gasteiger partial charge in [-0.25, -0.2) is 4.98 Å². The summed E-state index contributed by atoms with van der Waals surface area (Å²) in [6.07, 6.45) is -0.651. The molecule has 1 atom stereocenters. The van der Waals surface area contributed by atoms with Gasteiger partial charge in [0.25, 0.3) is 5.91 Å². The molecule has 34 heavy (non-hydrogen) atoms. The minimum absolute atomic E-state index is 0. The largest absolute Gasteiger partial charge is 2.00 e. The van der Waals surface area contributed by atoms with Crippen LogP contribution in [-0.2, 0) is 4.79 Å². The van der Waals surface area contributed by atoms with Crippen molar-refractivity contribution < 1.29 is 26.6 Å². The van der Waals surface area contributed by atoms with Gasteiger partial charge in [-0.05, 0) is 18.2 Å². The SMILES string of the molecule is COc1cc2nc(N3CCN(C(=O)C4COc5ccccc5O4)CC3)nc(N)c2cc1OC.[Ca+2].[H-].[H-]. The van der Waals surface area contributed by atoms with E-state index in [-0.39, 0.29) is 53.1 Å². The number of rotatable bonds is 4. The van der Waals surface area contributed by atoms with Crippen molar-refractivity contribution in [1.82, 2.24) is 14.9 Å². The topological polar surface area (TPSA) is 112 Å². The Balaban J connectivity index is 0.00000152. The first-order valence-electron chi connectivity index (χ1n) is 10.7. The molecule has 1 aromatic heterocycles. The standard InChI is InChI=1S/C23H25N5O5.Ca.2H/c1-30-18-11-14-15(12-19(18)31-2)25-23(26-21(14)24)28-9-7-27(8-10-28)22(29)20-13-32-16-5-3-4-6-17(16)33-20;;;/h3-6,11-12,20H,7-10,13H2,1-2H3,(H2,24,25,26);;;/q;+2;2*-1. The van der Waals surface area contributed by atoms with E-state index in [2.05, 4.69) is 9.97 Å². The van der Waals surface area contributed by atoms with Crippen LogP contribution in [0.2, 0.25) is 0 Å². The zero-order chi connectivity index (χ0) is 22.9. The average molecular weight is 494 g/mol. The number of nitrogens with two attached hydrogens (primary N) is 1. The average Bonchev–Trinajstić information content (AvgIpc) is 2.87. The monoisotopic (exact) mass is 493 g/mol. The van der Waals surface area contributed by atoms with Crippen molar-refractivity contribution in [1.29, 1.82) is 0 Å². The van der Waals surface area contributed by atoms with Crippen LogP contribution in [0, 0.1) is 0 Å². The minimum Gasteiger partial charge on any atom is -1.00 e. The third-order valence-electron chi connectivity index (χ3n) is 5.88. The summed E-state index contributed by atoms with van der Waals surface area (Å²) in [4.78, 5) is 26.0. The maximum absolute atomic E-state index is 13.0. The number of nitrogen functional groups attached to an aromatic ring is 1. The van der Waals surface area contributed by atoms with E-state index < -0.39 is 6.10 Å². The molecule has 2 aromatic carbocycles. The van der Waals surface area contributed by atoms with Gasteiger partial charge in [0.15, 0.2) is 23.0 Å². The van der Waals surface area contributed by atoms with Crippen molar-refractivity contribution in [2.45, 2.75) is 6.10 Å². The Kier molecular flexibility index (Phi) is 7.39. The van der Waals surface area contributed by atoms with Gasteiger partial charge in [-0.15, -0.1) is 0 Å². The van der Waals surface area contributed by atoms with E-state index in [4.69, 9.17) is 24.7 Å². The van der Waals surface area contributed by atoms with Crippen molar-refractivity contribution in [2.75, 3.05) is 57.6 Å². The molecule has 10 nitrogen and oxygen atoms in total. The fourth-order valence-electron chi connectivity index (χ4n) is 4.08. The molecule has 3 aromatic rings. The van der Waals surface area contributed by atoms with Crippen LogP contribution in [0.25, 0.3) is 10.9 Å². The molecule has 1 fully saturated rings. The molecule has 1 unspecified atom stereocenters. The second-order valence-electron chi connectivity index (χ2n) is 7.81. The summed E-state index contributed by atoms with van der Waals surface area (Å²) in [6.45, 7) is 2.40. The Hall–Kier alpha value is -2.69. The summed E-state index contributed by atoms with van der Waals surface area (Å²) in [5.74, 6) is 3.18. The second kappa shape index (κ2) is 10.3. The van der Waals surface area contributed by atoms with Crippen molar-refractivity contribution in [3.8, 4) is 23.0 Å². The summed E-state index contributed by atoms with van der Waals surface area (Å²) >= 11 is 0. The number of piperazine rings is 1. The summed E-state index contributed by atoms with van der Waals surface area (Å²) < 4.78 is 22.3. The number of aromatic nitrogens is 2. The quantitative estimate of drug-likeness (QED) is 0.541. The van der Waals surface area contributed by atoms with E-state index >= 15 is 0 Å². The van der Waals surface area contributed by atoms with Crippen molar-refractivity contribution >= 4 is 66.3 Å². The normalized spacial score (nSPS) is 17.2. The second-order valence-corrected chi connectivity index (χ2v) is 7.81. The summed E-state index contributed by atoms with van der Waals surface area (Å²) in [6, 6.07) is 10.9. The Morgan fingerprint density at radius 1 is 1.06 bits per heavy atom. The van der Waals surface area contributed by atoms with Gasteiger partial charge in [0, 0.05) is 37.6 Å².